The van der Waals surface area contributed by atoms with E-state index in [9.17, 15) is 0 Å². The minimum absolute atomic E-state index is 0.357. The summed E-state index contributed by atoms with van der Waals surface area (Å²) in [5.74, 6) is 0. The van der Waals surface area contributed by atoms with E-state index < -0.39 is 0 Å². The number of benzene rings is 1. The first-order valence-corrected chi connectivity index (χ1v) is 5.05. The molecule has 0 spiro atoms. The molecule has 0 saturated heterocycles. The van der Waals surface area contributed by atoms with Gasteiger partial charge in [0, 0.05) is 12.1 Å². The average Bonchev–Trinajstić information content (AvgIpc) is 3.02. The first-order valence-electron chi connectivity index (χ1n) is 5.05. The molecule has 1 N–H and O–H groups in total. The molecule has 0 unspecified atom stereocenters. The number of nitrogens with one attached hydrogen (secondary N) is 1. The van der Waals surface area contributed by atoms with Crippen LogP contribution < -0.4 is 5.32 Å². The summed E-state index contributed by atoms with van der Waals surface area (Å²) in [6.45, 7) is 2.15. The number of nitrogens with zero attached hydrogens (tertiary/aromatic N) is 1. The van der Waals surface area contributed by atoms with E-state index in [0.717, 1.165) is 5.56 Å². The third-order valence-corrected chi connectivity index (χ3v) is 2.58. The molecule has 1 atom stereocenters. The second kappa shape index (κ2) is 3.81. The molecule has 2 rings (SSSR count). The van der Waals surface area contributed by atoms with Crippen molar-refractivity contribution in [1.82, 2.24) is 5.32 Å². The summed E-state index contributed by atoms with van der Waals surface area (Å²) in [5.41, 5.74) is 1.95. The van der Waals surface area contributed by atoms with Gasteiger partial charge in [-0.1, -0.05) is 12.1 Å². The highest BCUT2D eigenvalue weighted by molar-refractivity contribution is 5.34. The monoisotopic (exact) mass is 186 g/mol. The van der Waals surface area contributed by atoms with Crippen LogP contribution in [-0.2, 0) is 0 Å². The molecule has 1 fully saturated rings. The average molecular weight is 186 g/mol. The second-order valence-corrected chi connectivity index (χ2v) is 3.90. The van der Waals surface area contributed by atoms with Gasteiger partial charge in [0.1, 0.15) is 0 Å². The lowest BCUT2D eigenvalue weighted by atomic mass is 10.1. The fraction of sp³-hybridized carbons (Fsp3) is 0.417. The lowest BCUT2D eigenvalue weighted by Crippen LogP contribution is -2.20. The standard InChI is InChI=1S/C12H14N2/c1-9(14-12-5-6-12)11-4-2-3-10(7-11)8-13/h2-4,7,9,12,14H,5-6H2,1H3/t9-/m1/s1. The van der Waals surface area contributed by atoms with Crippen molar-refractivity contribution in [2.75, 3.05) is 0 Å². The molecule has 1 aliphatic rings. The van der Waals surface area contributed by atoms with Crippen molar-refractivity contribution >= 4 is 0 Å². The molecule has 0 radical (unpaired) electrons. The zero-order valence-electron chi connectivity index (χ0n) is 8.33. The summed E-state index contributed by atoms with van der Waals surface area (Å²) >= 11 is 0. The van der Waals surface area contributed by atoms with Crippen LogP contribution >= 0.6 is 0 Å². The molecule has 1 saturated carbocycles. The smallest absolute Gasteiger partial charge is 0.0991 e. The normalized spacial score (nSPS) is 17.4. The maximum absolute atomic E-state index is 8.77. The van der Waals surface area contributed by atoms with Crippen LogP contribution in [-0.4, -0.2) is 6.04 Å². The van der Waals surface area contributed by atoms with Crippen LogP contribution in [0, 0.1) is 11.3 Å². The first kappa shape index (κ1) is 9.23. The van der Waals surface area contributed by atoms with Gasteiger partial charge in [-0.25, -0.2) is 0 Å². The zero-order valence-corrected chi connectivity index (χ0v) is 8.33. The van der Waals surface area contributed by atoms with Gasteiger partial charge in [-0.15, -0.1) is 0 Å². The Balaban J connectivity index is 2.09. The molecule has 2 nitrogen and oxygen atoms in total. The highest BCUT2D eigenvalue weighted by atomic mass is 15.0. The number of hydrogen-bond donors (Lipinski definition) is 1. The number of rotatable bonds is 3. The minimum Gasteiger partial charge on any atom is -0.307 e. The highest BCUT2D eigenvalue weighted by Gasteiger charge is 2.23. The molecule has 72 valence electrons. The molecule has 0 heterocycles. The lowest BCUT2D eigenvalue weighted by Gasteiger charge is -2.13. The van der Waals surface area contributed by atoms with Crippen molar-refractivity contribution in [3.05, 3.63) is 35.4 Å². The molecule has 2 heteroatoms. The molecule has 1 aromatic rings. The summed E-state index contributed by atoms with van der Waals surface area (Å²) < 4.78 is 0. The van der Waals surface area contributed by atoms with Crippen LogP contribution in [0.5, 0.6) is 0 Å². The summed E-state index contributed by atoms with van der Waals surface area (Å²) in [4.78, 5) is 0. The molecular weight excluding hydrogens is 172 g/mol. The van der Waals surface area contributed by atoms with Crippen LogP contribution in [0.1, 0.15) is 36.9 Å². The van der Waals surface area contributed by atoms with Crippen molar-refractivity contribution in [2.24, 2.45) is 0 Å². The summed E-state index contributed by atoms with van der Waals surface area (Å²) in [7, 11) is 0. The fourth-order valence-corrected chi connectivity index (χ4v) is 1.58. The van der Waals surface area contributed by atoms with Gasteiger partial charge in [-0.05, 0) is 37.5 Å². The Morgan fingerprint density at radius 2 is 2.29 bits per heavy atom. The Morgan fingerprint density at radius 1 is 1.50 bits per heavy atom. The van der Waals surface area contributed by atoms with E-state index in [1.165, 1.54) is 18.4 Å². The van der Waals surface area contributed by atoms with E-state index in [4.69, 9.17) is 5.26 Å². The third-order valence-electron chi connectivity index (χ3n) is 2.58. The second-order valence-electron chi connectivity index (χ2n) is 3.90. The fourth-order valence-electron chi connectivity index (χ4n) is 1.58. The first-order chi connectivity index (χ1) is 6.79. The van der Waals surface area contributed by atoms with E-state index in [1.807, 2.05) is 18.2 Å². The zero-order chi connectivity index (χ0) is 9.97. The van der Waals surface area contributed by atoms with Crippen LogP contribution in [0.15, 0.2) is 24.3 Å². The van der Waals surface area contributed by atoms with E-state index in [0.29, 0.717) is 12.1 Å². The van der Waals surface area contributed by atoms with Crippen molar-refractivity contribution in [2.45, 2.75) is 31.8 Å². The summed E-state index contributed by atoms with van der Waals surface area (Å²) in [6, 6.07) is 11.0. The van der Waals surface area contributed by atoms with Crippen molar-refractivity contribution < 1.29 is 0 Å². The Labute approximate surface area is 84.6 Å². The lowest BCUT2D eigenvalue weighted by molar-refractivity contribution is 0.571. The number of nitriles is 1. The SMILES string of the molecule is C[C@@H](NC1CC1)c1cccc(C#N)c1. The van der Waals surface area contributed by atoms with Gasteiger partial charge >= 0.3 is 0 Å². The van der Waals surface area contributed by atoms with E-state index in [1.54, 1.807) is 0 Å². The van der Waals surface area contributed by atoms with E-state index in [2.05, 4.69) is 24.4 Å². The predicted octanol–water partition coefficient (Wildman–Crippen LogP) is 2.37. The Bertz CT molecular complexity index is 361. The predicted molar refractivity (Wildman–Crippen MR) is 55.7 cm³/mol. The van der Waals surface area contributed by atoms with E-state index >= 15 is 0 Å². The summed E-state index contributed by atoms with van der Waals surface area (Å²) in [6.07, 6.45) is 2.59. The van der Waals surface area contributed by atoms with Crippen molar-refractivity contribution in [3.63, 3.8) is 0 Å². The maximum atomic E-state index is 8.77. The van der Waals surface area contributed by atoms with Gasteiger partial charge in [0.05, 0.1) is 11.6 Å². The Hall–Kier alpha value is -1.33. The largest absolute Gasteiger partial charge is 0.307 e. The third kappa shape index (κ3) is 2.12. The van der Waals surface area contributed by atoms with Gasteiger partial charge in [-0.3, -0.25) is 0 Å². The van der Waals surface area contributed by atoms with Crippen LogP contribution in [0.25, 0.3) is 0 Å². The van der Waals surface area contributed by atoms with Gasteiger partial charge in [0.25, 0.3) is 0 Å². The molecule has 0 bridgehead atoms. The van der Waals surface area contributed by atoms with Crippen LogP contribution in [0.2, 0.25) is 0 Å². The van der Waals surface area contributed by atoms with Crippen LogP contribution in [0.4, 0.5) is 0 Å². The topological polar surface area (TPSA) is 35.8 Å². The molecule has 14 heavy (non-hydrogen) atoms. The number of hydrogen-bond acceptors (Lipinski definition) is 2. The van der Waals surface area contributed by atoms with Gasteiger partial charge in [0.2, 0.25) is 0 Å². The van der Waals surface area contributed by atoms with Gasteiger partial charge in [0.15, 0.2) is 0 Å². The quantitative estimate of drug-likeness (QED) is 0.786. The van der Waals surface area contributed by atoms with Crippen molar-refractivity contribution in [3.8, 4) is 6.07 Å². The molecular formula is C12H14N2. The molecule has 0 aliphatic heterocycles. The van der Waals surface area contributed by atoms with Gasteiger partial charge in [-0.2, -0.15) is 5.26 Å². The minimum atomic E-state index is 0.357. The van der Waals surface area contributed by atoms with Crippen molar-refractivity contribution in [1.29, 1.82) is 5.26 Å². The van der Waals surface area contributed by atoms with Gasteiger partial charge < -0.3 is 5.32 Å². The molecule has 1 aromatic carbocycles. The van der Waals surface area contributed by atoms with Crippen LogP contribution in [0.3, 0.4) is 0 Å². The Morgan fingerprint density at radius 3 is 2.93 bits per heavy atom. The molecule has 0 aromatic heterocycles. The maximum Gasteiger partial charge on any atom is 0.0991 e. The Kier molecular flexibility index (Phi) is 2.51. The summed E-state index contributed by atoms with van der Waals surface area (Å²) in [5, 5.41) is 12.3. The molecule has 0 amide bonds. The molecule has 1 aliphatic carbocycles. The van der Waals surface area contributed by atoms with E-state index in [-0.39, 0.29) is 0 Å². The highest BCUT2D eigenvalue weighted by Crippen LogP contribution is 2.24.